The van der Waals surface area contributed by atoms with Crippen molar-refractivity contribution in [3.8, 4) is 0 Å². The number of carbonyl (C=O) groups is 1. The first kappa shape index (κ1) is 23.0. The molecule has 2 N–H and O–H groups in total. The van der Waals surface area contributed by atoms with Gasteiger partial charge >= 0.3 is 6.18 Å². The third-order valence-electron chi connectivity index (χ3n) is 5.84. The molecule has 1 saturated carbocycles. The summed E-state index contributed by atoms with van der Waals surface area (Å²) in [6.07, 6.45) is 2.18. The SMILES string of the molecule is O=C(CNS(=O)(=O)c1cccc(C(F)(F)F)c1)NC1CCN(CC2CCCC2)CC1. The molecule has 1 aliphatic heterocycles. The van der Waals surface area contributed by atoms with E-state index in [1.54, 1.807) is 0 Å². The fraction of sp³-hybridized carbons (Fsp3) is 0.650. The van der Waals surface area contributed by atoms with Crippen LogP contribution in [0.3, 0.4) is 0 Å². The Labute approximate surface area is 175 Å². The summed E-state index contributed by atoms with van der Waals surface area (Å²) in [6, 6.07) is 3.42. The quantitative estimate of drug-likeness (QED) is 0.674. The molecular weight excluding hydrogens is 419 g/mol. The molecule has 1 saturated heterocycles. The van der Waals surface area contributed by atoms with Crippen LogP contribution in [0, 0.1) is 5.92 Å². The van der Waals surface area contributed by atoms with Gasteiger partial charge in [0, 0.05) is 25.7 Å². The van der Waals surface area contributed by atoms with E-state index in [9.17, 15) is 26.4 Å². The van der Waals surface area contributed by atoms with E-state index in [-0.39, 0.29) is 6.04 Å². The lowest BCUT2D eigenvalue weighted by Gasteiger charge is -2.33. The van der Waals surface area contributed by atoms with Gasteiger partial charge in [0.2, 0.25) is 15.9 Å². The van der Waals surface area contributed by atoms with Crippen LogP contribution in [0.5, 0.6) is 0 Å². The molecule has 2 fully saturated rings. The minimum Gasteiger partial charge on any atom is -0.352 e. The summed E-state index contributed by atoms with van der Waals surface area (Å²) >= 11 is 0. The highest BCUT2D eigenvalue weighted by Gasteiger charge is 2.32. The minimum absolute atomic E-state index is 0.0182. The number of carbonyl (C=O) groups excluding carboxylic acids is 1. The van der Waals surface area contributed by atoms with Crippen molar-refractivity contribution < 1.29 is 26.4 Å². The molecule has 10 heteroatoms. The molecule has 0 radical (unpaired) electrons. The van der Waals surface area contributed by atoms with Crippen LogP contribution in [0.1, 0.15) is 44.1 Å². The fourth-order valence-electron chi connectivity index (χ4n) is 4.18. The molecule has 6 nitrogen and oxygen atoms in total. The summed E-state index contributed by atoms with van der Waals surface area (Å²) in [5.41, 5.74) is -1.06. The van der Waals surface area contributed by atoms with Crippen LogP contribution in [0.25, 0.3) is 0 Å². The van der Waals surface area contributed by atoms with Crippen LogP contribution in [-0.4, -0.2) is 51.4 Å². The number of piperidine rings is 1. The van der Waals surface area contributed by atoms with Crippen LogP contribution >= 0.6 is 0 Å². The van der Waals surface area contributed by atoms with E-state index in [0.29, 0.717) is 6.07 Å². The summed E-state index contributed by atoms with van der Waals surface area (Å²) < 4.78 is 65.0. The molecule has 1 aromatic carbocycles. The second-order valence-corrected chi connectivity index (χ2v) is 9.91. The number of benzene rings is 1. The Morgan fingerprint density at radius 2 is 1.77 bits per heavy atom. The largest absolute Gasteiger partial charge is 0.416 e. The lowest BCUT2D eigenvalue weighted by molar-refractivity contribution is -0.137. The Hall–Kier alpha value is -1.65. The molecule has 0 unspecified atom stereocenters. The molecule has 0 spiro atoms. The number of hydrogen-bond donors (Lipinski definition) is 2. The van der Waals surface area contributed by atoms with Crippen LogP contribution in [0.4, 0.5) is 13.2 Å². The number of alkyl halides is 3. The van der Waals surface area contributed by atoms with E-state index in [1.807, 2.05) is 0 Å². The molecule has 1 aliphatic carbocycles. The first-order valence-corrected chi connectivity index (χ1v) is 11.8. The summed E-state index contributed by atoms with van der Waals surface area (Å²) in [7, 11) is -4.22. The van der Waals surface area contributed by atoms with Gasteiger partial charge in [-0.25, -0.2) is 13.1 Å². The van der Waals surface area contributed by atoms with Gasteiger partial charge in [-0.05, 0) is 49.8 Å². The van der Waals surface area contributed by atoms with Gasteiger partial charge in [0.1, 0.15) is 0 Å². The van der Waals surface area contributed by atoms with Gasteiger partial charge in [-0.2, -0.15) is 13.2 Å². The number of likely N-dealkylation sites (tertiary alicyclic amines) is 1. The smallest absolute Gasteiger partial charge is 0.352 e. The Balaban J connectivity index is 1.44. The van der Waals surface area contributed by atoms with E-state index >= 15 is 0 Å². The van der Waals surface area contributed by atoms with Gasteiger partial charge in [0.05, 0.1) is 17.0 Å². The van der Waals surface area contributed by atoms with Crippen molar-refractivity contribution in [2.45, 2.75) is 55.6 Å². The highest BCUT2D eigenvalue weighted by molar-refractivity contribution is 7.89. The lowest BCUT2D eigenvalue weighted by atomic mass is 10.0. The highest BCUT2D eigenvalue weighted by Crippen LogP contribution is 2.30. The Morgan fingerprint density at radius 3 is 2.40 bits per heavy atom. The number of rotatable bonds is 7. The number of nitrogens with zero attached hydrogens (tertiary/aromatic N) is 1. The molecule has 0 bridgehead atoms. The second-order valence-electron chi connectivity index (χ2n) is 8.14. The average Bonchev–Trinajstić information content (AvgIpc) is 3.21. The first-order valence-electron chi connectivity index (χ1n) is 10.3. The summed E-state index contributed by atoms with van der Waals surface area (Å²) in [5, 5.41) is 2.82. The van der Waals surface area contributed by atoms with Gasteiger partial charge in [0.15, 0.2) is 0 Å². The normalized spacial score (nSPS) is 19.8. The fourth-order valence-corrected chi connectivity index (χ4v) is 5.21. The minimum atomic E-state index is -4.64. The molecule has 30 heavy (non-hydrogen) atoms. The summed E-state index contributed by atoms with van der Waals surface area (Å²) in [6.45, 7) is 2.40. The molecule has 168 valence electrons. The molecular formula is C20H28F3N3O3S. The van der Waals surface area contributed by atoms with Crippen molar-refractivity contribution in [3.05, 3.63) is 29.8 Å². The van der Waals surface area contributed by atoms with Gasteiger partial charge in [0.25, 0.3) is 0 Å². The van der Waals surface area contributed by atoms with Crippen molar-refractivity contribution in [1.82, 2.24) is 14.9 Å². The van der Waals surface area contributed by atoms with Crippen molar-refractivity contribution >= 4 is 15.9 Å². The number of hydrogen-bond acceptors (Lipinski definition) is 4. The zero-order chi connectivity index (χ0) is 21.8. The highest BCUT2D eigenvalue weighted by atomic mass is 32.2. The van der Waals surface area contributed by atoms with Gasteiger partial charge in [-0.1, -0.05) is 18.9 Å². The summed E-state index contributed by atoms with van der Waals surface area (Å²) in [4.78, 5) is 14.0. The third-order valence-corrected chi connectivity index (χ3v) is 7.24. The third kappa shape index (κ3) is 6.42. The van der Waals surface area contributed by atoms with Gasteiger partial charge in [-0.3, -0.25) is 4.79 Å². The maximum Gasteiger partial charge on any atom is 0.416 e. The maximum atomic E-state index is 12.8. The number of amides is 1. The summed E-state index contributed by atoms with van der Waals surface area (Å²) in [5.74, 6) is 0.293. The standard InChI is InChI=1S/C20H28F3N3O3S/c21-20(22,23)16-6-3-7-18(12-16)30(28,29)24-13-19(27)25-17-8-10-26(11-9-17)14-15-4-1-2-5-15/h3,6-7,12,15,17,24H,1-2,4-5,8-11,13-14H2,(H,25,27). The van der Waals surface area contributed by atoms with Crippen LogP contribution in [0.2, 0.25) is 0 Å². The molecule has 0 atom stereocenters. The van der Waals surface area contributed by atoms with E-state index in [1.165, 1.54) is 25.7 Å². The Kier molecular flexibility index (Phi) is 7.41. The maximum absolute atomic E-state index is 12.8. The Morgan fingerprint density at radius 1 is 1.10 bits per heavy atom. The van der Waals surface area contributed by atoms with E-state index < -0.39 is 39.1 Å². The van der Waals surface area contributed by atoms with Crippen molar-refractivity contribution in [2.24, 2.45) is 5.92 Å². The van der Waals surface area contributed by atoms with E-state index in [2.05, 4.69) is 14.9 Å². The number of nitrogens with one attached hydrogen (secondary N) is 2. The molecule has 1 amide bonds. The van der Waals surface area contributed by atoms with Crippen molar-refractivity contribution in [1.29, 1.82) is 0 Å². The van der Waals surface area contributed by atoms with E-state index in [4.69, 9.17) is 0 Å². The second kappa shape index (κ2) is 9.65. The van der Waals surface area contributed by atoms with E-state index in [0.717, 1.165) is 56.6 Å². The predicted molar refractivity (Wildman–Crippen MR) is 106 cm³/mol. The molecule has 2 aliphatic rings. The first-order chi connectivity index (χ1) is 14.1. The monoisotopic (exact) mass is 447 g/mol. The zero-order valence-corrected chi connectivity index (χ0v) is 17.6. The van der Waals surface area contributed by atoms with Crippen molar-refractivity contribution in [2.75, 3.05) is 26.2 Å². The molecule has 3 rings (SSSR count). The van der Waals surface area contributed by atoms with Crippen LogP contribution in [-0.2, 0) is 21.0 Å². The number of sulfonamides is 1. The van der Waals surface area contributed by atoms with Gasteiger partial charge < -0.3 is 10.2 Å². The molecule has 1 aromatic rings. The predicted octanol–water partition coefficient (Wildman–Crippen LogP) is 2.75. The van der Waals surface area contributed by atoms with Crippen molar-refractivity contribution in [3.63, 3.8) is 0 Å². The zero-order valence-electron chi connectivity index (χ0n) is 16.7. The Bertz CT molecular complexity index is 831. The number of halogens is 3. The topological polar surface area (TPSA) is 78.5 Å². The molecule has 1 heterocycles. The molecule has 0 aromatic heterocycles. The lowest BCUT2D eigenvalue weighted by Crippen LogP contribution is -2.48. The van der Waals surface area contributed by atoms with Gasteiger partial charge in [-0.15, -0.1) is 0 Å². The van der Waals surface area contributed by atoms with Crippen LogP contribution in [0.15, 0.2) is 29.2 Å². The average molecular weight is 448 g/mol. The van der Waals surface area contributed by atoms with Crippen LogP contribution < -0.4 is 10.0 Å².